The fourth-order valence-corrected chi connectivity index (χ4v) is 4.99. The molecule has 1 atom stereocenters. The summed E-state index contributed by atoms with van der Waals surface area (Å²) in [4.78, 5) is 12.4. The summed E-state index contributed by atoms with van der Waals surface area (Å²) in [5.74, 6) is 2.02. The van der Waals surface area contributed by atoms with E-state index in [9.17, 15) is 4.79 Å². The van der Waals surface area contributed by atoms with E-state index in [1.165, 1.54) is 77.0 Å². The molecule has 0 heterocycles. The minimum absolute atomic E-state index is 0.0989. The molecule has 0 bridgehead atoms. The predicted molar refractivity (Wildman–Crippen MR) is 106 cm³/mol. The number of carbonyl (C=O) groups is 1. The van der Waals surface area contributed by atoms with E-state index in [1.54, 1.807) is 0 Å². The van der Waals surface area contributed by atoms with E-state index in [1.807, 2.05) is 0 Å². The van der Waals surface area contributed by atoms with Gasteiger partial charge >= 0.3 is 5.97 Å². The maximum absolute atomic E-state index is 12.4. The summed E-state index contributed by atoms with van der Waals surface area (Å²) in [6.45, 7) is 7.63. The molecule has 146 valence electrons. The summed E-state index contributed by atoms with van der Waals surface area (Å²) in [6, 6.07) is 0. The molecule has 2 rings (SSSR count). The van der Waals surface area contributed by atoms with Crippen LogP contribution in [0.25, 0.3) is 0 Å². The third-order valence-electron chi connectivity index (χ3n) is 6.89. The Hall–Kier alpha value is -0.530. The summed E-state index contributed by atoms with van der Waals surface area (Å²) in [6.07, 6.45) is 17.8. The van der Waals surface area contributed by atoms with E-state index in [4.69, 9.17) is 4.74 Å². The number of ether oxygens (including phenoxy) is 1. The Morgan fingerprint density at radius 2 is 1.76 bits per heavy atom. The molecule has 1 unspecified atom stereocenters. The molecular formula is C23H42O2. The number of hydrogen-bond donors (Lipinski definition) is 0. The first-order chi connectivity index (χ1) is 12.0. The van der Waals surface area contributed by atoms with Gasteiger partial charge in [0.25, 0.3) is 0 Å². The first kappa shape index (κ1) is 20.8. The van der Waals surface area contributed by atoms with Crippen LogP contribution in [0.2, 0.25) is 0 Å². The Balaban J connectivity index is 1.60. The van der Waals surface area contributed by atoms with Gasteiger partial charge in [0.05, 0.1) is 12.5 Å². The highest BCUT2D eigenvalue weighted by Crippen LogP contribution is 2.37. The van der Waals surface area contributed by atoms with Crippen LogP contribution in [0.5, 0.6) is 0 Å². The summed E-state index contributed by atoms with van der Waals surface area (Å²) >= 11 is 0. The zero-order valence-corrected chi connectivity index (χ0v) is 17.2. The standard InChI is InChI=1S/C23H42O2/c1-4-9-19(2)10-8-11-20-12-14-21(15-13-20)22(24)25-18-23(3)16-6-5-7-17-23/h19-21H,4-18H2,1-3H3. The van der Waals surface area contributed by atoms with Crippen molar-refractivity contribution in [2.75, 3.05) is 6.61 Å². The van der Waals surface area contributed by atoms with Gasteiger partial charge in [-0.2, -0.15) is 0 Å². The van der Waals surface area contributed by atoms with Crippen LogP contribution in [0, 0.1) is 23.2 Å². The number of hydrogen-bond acceptors (Lipinski definition) is 2. The molecule has 0 N–H and O–H groups in total. The lowest BCUT2D eigenvalue weighted by molar-refractivity contribution is -0.154. The molecular weight excluding hydrogens is 308 g/mol. The number of rotatable bonds is 9. The Kier molecular flexibility index (Phi) is 8.79. The van der Waals surface area contributed by atoms with E-state index in [2.05, 4.69) is 20.8 Å². The van der Waals surface area contributed by atoms with Gasteiger partial charge in [0.2, 0.25) is 0 Å². The maximum Gasteiger partial charge on any atom is 0.308 e. The first-order valence-electron chi connectivity index (χ1n) is 11.2. The topological polar surface area (TPSA) is 26.3 Å². The predicted octanol–water partition coefficient (Wildman–Crippen LogP) is 6.91. The van der Waals surface area contributed by atoms with Crippen LogP contribution in [0.3, 0.4) is 0 Å². The Bertz CT molecular complexity index is 376. The highest BCUT2D eigenvalue weighted by molar-refractivity contribution is 5.72. The molecule has 25 heavy (non-hydrogen) atoms. The zero-order chi connectivity index (χ0) is 18.1. The molecule has 2 fully saturated rings. The van der Waals surface area contributed by atoms with E-state index in [0.29, 0.717) is 6.61 Å². The molecule has 2 saturated carbocycles. The van der Waals surface area contributed by atoms with Crippen LogP contribution in [0.15, 0.2) is 0 Å². The van der Waals surface area contributed by atoms with Crippen LogP contribution in [-0.4, -0.2) is 12.6 Å². The Morgan fingerprint density at radius 1 is 1.08 bits per heavy atom. The SMILES string of the molecule is CCCC(C)CCCC1CCC(C(=O)OCC2(C)CCCCC2)CC1. The molecule has 0 aromatic rings. The molecule has 0 aliphatic heterocycles. The highest BCUT2D eigenvalue weighted by Gasteiger charge is 2.31. The Labute approximate surface area is 156 Å². The van der Waals surface area contributed by atoms with Gasteiger partial charge in [-0.3, -0.25) is 4.79 Å². The second-order valence-corrected chi connectivity index (χ2v) is 9.52. The van der Waals surface area contributed by atoms with Crippen molar-refractivity contribution in [2.24, 2.45) is 23.2 Å². The van der Waals surface area contributed by atoms with Crippen LogP contribution in [0.4, 0.5) is 0 Å². The normalized spacial score (nSPS) is 27.6. The molecule has 0 amide bonds. The van der Waals surface area contributed by atoms with Gasteiger partial charge in [-0.05, 0) is 50.4 Å². The molecule has 2 nitrogen and oxygen atoms in total. The largest absolute Gasteiger partial charge is 0.465 e. The average molecular weight is 351 g/mol. The fraction of sp³-hybridized carbons (Fsp3) is 0.957. The van der Waals surface area contributed by atoms with Gasteiger partial charge in [0.15, 0.2) is 0 Å². The molecule has 0 radical (unpaired) electrons. The molecule has 2 heteroatoms. The van der Waals surface area contributed by atoms with Crippen molar-refractivity contribution < 1.29 is 9.53 Å². The minimum atomic E-state index is 0.0989. The van der Waals surface area contributed by atoms with Crippen molar-refractivity contribution in [3.05, 3.63) is 0 Å². The second kappa shape index (κ2) is 10.6. The van der Waals surface area contributed by atoms with E-state index >= 15 is 0 Å². The summed E-state index contributed by atoms with van der Waals surface area (Å²) in [5, 5.41) is 0. The molecule has 0 aromatic carbocycles. The van der Waals surface area contributed by atoms with Crippen LogP contribution in [-0.2, 0) is 9.53 Å². The zero-order valence-electron chi connectivity index (χ0n) is 17.2. The average Bonchev–Trinajstić information content (AvgIpc) is 2.61. The number of carbonyl (C=O) groups excluding carboxylic acids is 1. The van der Waals surface area contributed by atoms with Crippen molar-refractivity contribution in [2.45, 2.75) is 111 Å². The van der Waals surface area contributed by atoms with Crippen molar-refractivity contribution in [1.29, 1.82) is 0 Å². The van der Waals surface area contributed by atoms with Gasteiger partial charge in [0, 0.05) is 5.41 Å². The third-order valence-corrected chi connectivity index (χ3v) is 6.89. The van der Waals surface area contributed by atoms with Gasteiger partial charge < -0.3 is 4.74 Å². The number of esters is 1. The molecule has 2 aliphatic carbocycles. The minimum Gasteiger partial charge on any atom is -0.465 e. The lowest BCUT2D eigenvalue weighted by Gasteiger charge is -2.34. The van der Waals surface area contributed by atoms with Crippen molar-refractivity contribution in [3.8, 4) is 0 Å². The van der Waals surface area contributed by atoms with Gasteiger partial charge in [0.1, 0.15) is 0 Å². The van der Waals surface area contributed by atoms with E-state index in [-0.39, 0.29) is 17.3 Å². The summed E-state index contributed by atoms with van der Waals surface area (Å²) < 4.78 is 5.76. The maximum atomic E-state index is 12.4. The molecule has 0 saturated heterocycles. The monoisotopic (exact) mass is 350 g/mol. The molecule has 0 spiro atoms. The second-order valence-electron chi connectivity index (χ2n) is 9.52. The van der Waals surface area contributed by atoms with Crippen LogP contribution >= 0.6 is 0 Å². The van der Waals surface area contributed by atoms with Gasteiger partial charge in [-0.25, -0.2) is 0 Å². The van der Waals surface area contributed by atoms with Gasteiger partial charge in [-0.15, -0.1) is 0 Å². The smallest absolute Gasteiger partial charge is 0.308 e. The van der Waals surface area contributed by atoms with E-state index in [0.717, 1.165) is 24.7 Å². The van der Waals surface area contributed by atoms with Crippen molar-refractivity contribution >= 4 is 5.97 Å². The van der Waals surface area contributed by atoms with Gasteiger partial charge in [-0.1, -0.05) is 72.1 Å². The van der Waals surface area contributed by atoms with Crippen molar-refractivity contribution in [3.63, 3.8) is 0 Å². The highest BCUT2D eigenvalue weighted by atomic mass is 16.5. The summed E-state index contributed by atoms with van der Waals surface area (Å²) in [5.41, 5.74) is 0.250. The lowest BCUT2D eigenvalue weighted by atomic mass is 9.76. The summed E-state index contributed by atoms with van der Waals surface area (Å²) in [7, 11) is 0. The van der Waals surface area contributed by atoms with E-state index < -0.39 is 0 Å². The van der Waals surface area contributed by atoms with Crippen molar-refractivity contribution in [1.82, 2.24) is 0 Å². The fourth-order valence-electron chi connectivity index (χ4n) is 4.99. The Morgan fingerprint density at radius 3 is 2.40 bits per heavy atom. The first-order valence-corrected chi connectivity index (χ1v) is 11.2. The quantitative estimate of drug-likeness (QED) is 0.422. The third kappa shape index (κ3) is 7.31. The van der Waals surface area contributed by atoms with Crippen LogP contribution in [0.1, 0.15) is 111 Å². The lowest BCUT2D eigenvalue weighted by Crippen LogP contribution is -2.31. The molecule has 2 aliphatic rings. The molecule has 0 aromatic heterocycles. The van der Waals surface area contributed by atoms with Crippen LogP contribution < -0.4 is 0 Å².